The van der Waals surface area contributed by atoms with E-state index in [1.165, 1.54) is 0 Å². The van der Waals surface area contributed by atoms with Crippen LogP contribution in [0.1, 0.15) is 0 Å². The number of nitrogens with two attached hydrogens (primary N) is 1. The predicted molar refractivity (Wildman–Crippen MR) is 74.1 cm³/mol. The summed E-state index contributed by atoms with van der Waals surface area (Å²) in [5, 5.41) is 6.28. The van der Waals surface area contributed by atoms with E-state index in [1.54, 1.807) is 7.11 Å². The molecule has 0 aliphatic rings. The molecule has 0 aliphatic carbocycles. The first-order valence-corrected chi connectivity index (χ1v) is 5.65. The van der Waals surface area contributed by atoms with Gasteiger partial charge in [0.05, 0.1) is 24.2 Å². The van der Waals surface area contributed by atoms with E-state index in [0.29, 0.717) is 11.4 Å². The fraction of sp³-hybridized carbons (Fsp3) is 0.500. The molecule has 96 valence electrons. The van der Waals surface area contributed by atoms with Gasteiger partial charge >= 0.3 is 0 Å². The molecule has 0 radical (unpaired) electrons. The van der Waals surface area contributed by atoms with Gasteiger partial charge in [-0.3, -0.25) is 0 Å². The van der Waals surface area contributed by atoms with Crippen molar-refractivity contribution in [1.29, 1.82) is 0 Å². The van der Waals surface area contributed by atoms with E-state index in [0.717, 1.165) is 24.5 Å². The summed E-state index contributed by atoms with van der Waals surface area (Å²) in [7, 11) is 7.50. The van der Waals surface area contributed by atoms with Crippen molar-refractivity contribution in [2.24, 2.45) is 0 Å². The largest absolute Gasteiger partial charge is 0.495 e. The maximum absolute atomic E-state index is 5.88. The average molecular weight is 238 g/mol. The van der Waals surface area contributed by atoms with Crippen LogP contribution in [0.2, 0.25) is 0 Å². The molecule has 5 nitrogen and oxygen atoms in total. The van der Waals surface area contributed by atoms with Crippen LogP contribution in [0.15, 0.2) is 12.1 Å². The van der Waals surface area contributed by atoms with Crippen LogP contribution in [0.5, 0.6) is 5.75 Å². The summed E-state index contributed by atoms with van der Waals surface area (Å²) in [4.78, 5) is 2.16. The number of nitrogens with one attached hydrogen (secondary N) is 2. The van der Waals surface area contributed by atoms with Crippen molar-refractivity contribution in [1.82, 2.24) is 5.32 Å². The third-order valence-electron chi connectivity index (χ3n) is 2.73. The average Bonchev–Trinajstić information content (AvgIpc) is 2.35. The lowest BCUT2D eigenvalue weighted by Gasteiger charge is -2.23. The summed E-state index contributed by atoms with van der Waals surface area (Å²) >= 11 is 0. The first kappa shape index (κ1) is 13.4. The van der Waals surface area contributed by atoms with Gasteiger partial charge in [0.2, 0.25) is 0 Å². The Hall–Kier alpha value is -1.62. The third-order valence-corrected chi connectivity index (χ3v) is 2.73. The highest BCUT2D eigenvalue weighted by Crippen LogP contribution is 2.34. The lowest BCUT2D eigenvalue weighted by molar-refractivity contribution is 0.417. The van der Waals surface area contributed by atoms with Gasteiger partial charge in [0, 0.05) is 33.3 Å². The smallest absolute Gasteiger partial charge is 0.143 e. The standard InChI is InChI=1S/C12H22N4O/c1-14-5-6-16(3)11-8-12(17-4)9(13)7-10(11)15-2/h7-8,14-15H,5-6,13H2,1-4H3. The van der Waals surface area contributed by atoms with Crippen molar-refractivity contribution in [3.63, 3.8) is 0 Å². The second kappa shape index (κ2) is 6.20. The number of hydrogen-bond acceptors (Lipinski definition) is 5. The highest BCUT2D eigenvalue weighted by atomic mass is 16.5. The summed E-state index contributed by atoms with van der Waals surface area (Å²) in [6.45, 7) is 1.84. The maximum atomic E-state index is 5.88. The fourth-order valence-electron chi connectivity index (χ4n) is 1.68. The minimum Gasteiger partial charge on any atom is -0.495 e. The molecule has 5 heteroatoms. The fourth-order valence-corrected chi connectivity index (χ4v) is 1.68. The van der Waals surface area contributed by atoms with E-state index in [9.17, 15) is 0 Å². The van der Waals surface area contributed by atoms with E-state index >= 15 is 0 Å². The molecule has 0 fully saturated rings. The van der Waals surface area contributed by atoms with Gasteiger partial charge in [-0.2, -0.15) is 0 Å². The van der Waals surface area contributed by atoms with E-state index in [2.05, 4.69) is 15.5 Å². The van der Waals surface area contributed by atoms with Gasteiger partial charge in [0.25, 0.3) is 0 Å². The van der Waals surface area contributed by atoms with Gasteiger partial charge < -0.3 is 26.0 Å². The maximum Gasteiger partial charge on any atom is 0.143 e. The number of rotatable bonds is 6. The van der Waals surface area contributed by atoms with Gasteiger partial charge in [-0.1, -0.05) is 0 Å². The number of methoxy groups -OCH3 is 1. The Bertz CT molecular complexity index is 368. The highest BCUT2D eigenvalue weighted by Gasteiger charge is 2.10. The third kappa shape index (κ3) is 3.17. The molecule has 0 aromatic heterocycles. The lowest BCUT2D eigenvalue weighted by atomic mass is 10.2. The molecule has 17 heavy (non-hydrogen) atoms. The van der Waals surface area contributed by atoms with E-state index in [1.807, 2.05) is 33.3 Å². The van der Waals surface area contributed by atoms with E-state index < -0.39 is 0 Å². The van der Waals surface area contributed by atoms with Crippen molar-refractivity contribution in [2.45, 2.75) is 0 Å². The molecule has 1 aromatic rings. The SMILES string of the molecule is CNCCN(C)c1cc(OC)c(N)cc1NC. The van der Waals surface area contributed by atoms with Crippen LogP contribution in [0.25, 0.3) is 0 Å². The van der Waals surface area contributed by atoms with Crippen LogP contribution in [0.4, 0.5) is 17.1 Å². The van der Waals surface area contributed by atoms with Gasteiger partial charge in [0.15, 0.2) is 0 Å². The molecule has 0 amide bonds. The number of nitrogens with zero attached hydrogens (tertiary/aromatic N) is 1. The Morgan fingerprint density at radius 2 is 2.06 bits per heavy atom. The number of benzene rings is 1. The minimum absolute atomic E-state index is 0.641. The Balaban J connectivity index is 3.02. The zero-order valence-corrected chi connectivity index (χ0v) is 11.0. The van der Waals surface area contributed by atoms with Crippen LogP contribution < -0.4 is 26.0 Å². The molecular weight excluding hydrogens is 216 g/mol. The molecule has 1 aromatic carbocycles. The first-order valence-electron chi connectivity index (χ1n) is 5.65. The van der Waals surface area contributed by atoms with Crippen LogP contribution in [-0.4, -0.2) is 41.3 Å². The summed E-state index contributed by atoms with van der Waals surface area (Å²) in [5.74, 6) is 0.704. The molecular formula is C12H22N4O. The normalized spacial score (nSPS) is 10.1. The number of nitrogen functional groups attached to an aromatic ring is 1. The number of ether oxygens (including phenoxy) is 1. The molecule has 0 atom stereocenters. The van der Waals surface area contributed by atoms with Crippen LogP contribution in [0, 0.1) is 0 Å². The molecule has 0 bridgehead atoms. The van der Waals surface area contributed by atoms with Gasteiger partial charge in [0.1, 0.15) is 5.75 Å². The highest BCUT2D eigenvalue weighted by molar-refractivity contribution is 5.78. The van der Waals surface area contributed by atoms with E-state index in [4.69, 9.17) is 10.5 Å². The number of anilines is 3. The monoisotopic (exact) mass is 238 g/mol. The molecule has 4 N–H and O–H groups in total. The van der Waals surface area contributed by atoms with Crippen LogP contribution >= 0.6 is 0 Å². The Morgan fingerprint density at radius 1 is 1.35 bits per heavy atom. The second-order valence-electron chi connectivity index (χ2n) is 3.89. The summed E-state index contributed by atoms with van der Waals surface area (Å²) in [5.41, 5.74) is 8.60. The van der Waals surface area contributed by atoms with Crippen molar-refractivity contribution in [3.8, 4) is 5.75 Å². The van der Waals surface area contributed by atoms with Crippen molar-refractivity contribution < 1.29 is 4.74 Å². The Kier molecular flexibility index (Phi) is 4.90. The lowest BCUT2D eigenvalue weighted by Crippen LogP contribution is -2.27. The van der Waals surface area contributed by atoms with Crippen molar-refractivity contribution in [2.75, 3.05) is 57.3 Å². The van der Waals surface area contributed by atoms with Crippen molar-refractivity contribution in [3.05, 3.63) is 12.1 Å². The molecule has 0 aliphatic heterocycles. The predicted octanol–water partition coefficient (Wildman–Crippen LogP) is 0.975. The van der Waals surface area contributed by atoms with Crippen LogP contribution in [-0.2, 0) is 0 Å². The van der Waals surface area contributed by atoms with Gasteiger partial charge in [-0.05, 0) is 13.1 Å². The minimum atomic E-state index is 0.641. The Morgan fingerprint density at radius 3 is 2.59 bits per heavy atom. The molecule has 0 saturated carbocycles. The molecule has 0 unspecified atom stereocenters. The zero-order valence-electron chi connectivity index (χ0n) is 11.0. The van der Waals surface area contributed by atoms with Crippen LogP contribution in [0.3, 0.4) is 0 Å². The van der Waals surface area contributed by atoms with Crippen molar-refractivity contribution >= 4 is 17.1 Å². The molecule has 0 saturated heterocycles. The van der Waals surface area contributed by atoms with Gasteiger partial charge in [-0.15, -0.1) is 0 Å². The summed E-state index contributed by atoms with van der Waals surface area (Å²) < 4.78 is 5.24. The van der Waals surface area contributed by atoms with E-state index in [-0.39, 0.29) is 0 Å². The zero-order chi connectivity index (χ0) is 12.8. The summed E-state index contributed by atoms with van der Waals surface area (Å²) in [6, 6.07) is 3.85. The molecule has 0 spiro atoms. The summed E-state index contributed by atoms with van der Waals surface area (Å²) in [6.07, 6.45) is 0. The van der Waals surface area contributed by atoms with Gasteiger partial charge in [-0.25, -0.2) is 0 Å². The number of likely N-dealkylation sites (N-methyl/N-ethyl adjacent to an activating group) is 2. The second-order valence-corrected chi connectivity index (χ2v) is 3.89. The Labute approximate surface area is 103 Å². The quantitative estimate of drug-likeness (QED) is 0.645. The number of hydrogen-bond donors (Lipinski definition) is 3. The molecule has 0 heterocycles. The topological polar surface area (TPSA) is 62.5 Å². The molecule has 1 rings (SSSR count). The first-order chi connectivity index (χ1) is 8.13.